The lowest BCUT2D eigenvalue weighted by Gasteiger charge is -2.32. The van der Waals surface area contributed by atoms with E-state index < -0.39 is 5.97 Å². The van der Waals surface area contributed by atoms with Crippen molar-refractivity contribution in [1.82, 2.24) is 4.90 Å². The molecule has 1 fully saturated rings. The van der Waals surface area contributed by atoms with Crippen molar-refractivity contribution in [2.45, 2.75) is 25.3 Å². The van der Waals surface area contributed by atoms with E-state index in [0.29, 0.717) is 10.6 Å². The van der Waals surface area contributed by atoms with Gasteiger partial charge in [0.15, 0.2) is 0 Å². The number of benzene rings is 2. The average Bonchev–Trinajstić information content (AvgIpc) is 2.57. The molecule has 3 nitrogen and oxygen atoms in total. The highest BCUT2D eigenvalue weighted by Crippen LogP contribution is 2.32. The van der Waals surface area contributed by atoms with Crippen LogP contribution in [0.2, 0.25) is 5.02 Å². The average molecular weight is 409 g/mol. The normalized spacial score (nSPS) is 16.2. The molecule has 2 aromatic rings. The molecule has 1 aliphatic rings. The second-order valence-electron chi connectivity index (χ2n) is 6.21. The molecule has 126 valence electrons. The molecule has 1 heterocycles. The van der Waals surface area contributed by atoms with Gasteiger partial charge in [0.1, 0.15) is 0 Å². The Labute approximate surface area is 155 Å². The number of hydrogen-bond donors (Lipinski definition) is 1. The highest BCUT2D eigenvalue weighted by molar-refractivity contribution is 9.10. The molecule has 24 heavy (non-hydrogen) atoms. The third-order valence-corrected chi connectivity index (χ3v) is 5.35. The van der Waals surface area contributed by atoms with Crippen molar-refractivity contribution in [3.8, 4) is 0 Å². The molecule has 0 unspecified atom stereocenters. The molecule has 0 aromatic heterocycles. The van der Waals surface area contributed by atoms with Gasteiger partial charge in [-0.25, -0.2) is 4.79 Å². The Kier molecular flexibility index (Phi) is 5.59. The minimum atomic E-state index is -0.876. The highest BCUT2D eigenvalue weighted by Gasteiger charge is 2.24. The van der Waals surface area contributed by atoms with Crippen molar-refractivity contribution in [3.63, 3.8) is 0 Å². The van der Waals surface area contributed by atoms with Gasteiger partial charge >= 0.3 is 5.97 Å². The van der Waals surface area contributed by atoms with Gasteiger partial charge in [0.25, 0.3) is 0 Å². The predicted octanol–water partition coefficient (Wildman–Crippen LogP) is 5.18. The quantitative estimate of drug-likeness (QED) is 0.758. The molecule has 0 amide bonds. The van der Waals surface area contributed by atoms with Crippen LogP contribution in [0.1, 0.15) is 40.2 Å². The van der Waals surface area contributed by atoms with Crippen LogP contribution < -0.4 is 0 Å². The molecule has 1 N–H and O–H groups in total. The SMILES string of the molecule is O=C(O)c1ccc(Cl)cc1C1CCN(Cc2ccc(Br)cc2)CC1. The van der Waals surface area contributed by atoms with Crippen molar-refractivity contribution in [2.24, 2.45) is 0 Å². The van der Waals surface area contributed by atoms with Crippen LogP contribution >= 0.6 is 27.5 Å². The van der Waals surface area contributed by atoms with Crippen LogP contribution in [0.5, 0.6) is 0 Å². The molecular weight excluding hydrogens is 390 g/mol. The summed E-state index contributed by atoms with van der Waals surface area (Å²) < 4.78 is 1.09. The molecule has 0 radical (unpaired) electrons. The Balaban J connectivity index is 1.66. The Morgan fingerprint density at radius 1 is 1.17 bits per heavy atom. The number of likely N-dealkylation sites (tertiary alicyclic amines) is 1. The summed E-state index contributed by atoms with van der Waals surface area (Å²) in [6.07, 6.45) is 1.91. The summed E-state index contributed by atoms with van der Waals surface area (Å²) in [5.41, 5.74) is 2.55. The zero-order valence-corrected chi connectivity index (χ0v) is 15.6. The lowest BCUT2D eigenvalue weighted by molar-refractivity contribution is 0.0694. The Morgan fingerprint density at radius 3 is 2.46 bits per heavy atom. The van der Waals surface area contributed by atoms with Gasteiger partial charge in [-0.2, -0.15) is 0 Å². The van der Waals surface area contributed by atoms with Gasteiger partial charge < -0.3 is 5.11 Å². The molecule has 3 rings (SSSR count). The fraction of sp³-hybridized carbons (Fsp3) is 0.316. The minimum absolute atomic E-state index is 0.260. The first-order chi connectivity index (χ1) is 11.5. The summed E-state index contributed by atoms with van der Waals surface area (Å²) in [4.78, 5) is 13.9. The van der Waals surface area contributed by atoms with E-state index in [-0.39, 0.29) is 5.92 Å². The highest BCUT2D eigenvalue weighted by atomic mass is 79.9. The van der Waals surface area contributed by atoms with Gasteiger partial charge in [0.2, 0.25) is 0 Å². The summed E-state index contributed by atoms with van der Waals surface area (Å²) in [5, 5.41) is 10.0. The smallest absolute Gasteiger partial charge is 0.335 e. The maximum atomic E-state index is 11.5. The van der Waals surface area contributed by atoms with Gasteiger partial charge in [-0.15, -0.1) is 0 Å². The largest absolute Gasteiger partial charge is 0.478 e. The van der Waals surface area contributed by atoms with E-state index in [2.05, 4.69) is 45.1 Å². The fourth-order valence-corrected chi connectivity index (χ4v) is 3.76. The molecular formula is C19H19BrClNO2. The predicted molar refractivity (Wildman–Crippen MR) is 99.8 cm³/mol. The van der Waals surface area contributed by atoms with E-state index in [1.807, 2.05) is 6.07 Å². The van der Waals surface area contributed by atoms with E-state index >= 15 is 0 Å². The van der Waals surface area contributed by atoms with Crippen LogP contribution in [-0.4, -0.2) is 29.1 Å². The lowest BCUT2D eigenvalue weighted by atomic mass is 9.86. The monoisotopic (exact) mass is 407 g/mol. The van der Waals surface area contributed by atoms with Crippen LogP contribution in [0.4, 0.5) is 0 Å². The standard InChI is InChI=1S/C19H19BrClNO2/c20-15-3-1-13(2-4-15)12-22-9-7-14(8-10-22)18-11-16(21)5-6-17(18)19(23)24/h1-6,11,14H,7-10,12H2,(H,23,24). The Morgan fingerprint density at radius 2 is 1.83 bits per heavy atom. The third kappa shape index (κ3) is 4.18. The van der Waals surface area contributed by atoms with Gasteiger partial charge in [-0.05, 0) is 73.3 Å². The minimum Gasteiger partial charge on any atom is -0.478 e. The molecule has 5 heteroatoms. The van der Waals surface area contributed by atoms with Gasteiger partial charge in [-0.1, -0.05) is 39.7 Å². The summed E-state index contributed by atoms with van der Waals surface area (Å²) in [5.74, 6) is -0.616. The van der Waals surface area contributed by atoms with Gasteiger partial charge in [-0.3, -0.25) is 4.90 Å². The number of nitrogens with zero attached hydrogens (tertiary/aromatic N) is 1. The van der Waals surface area contributed by atoms with Gasteiger partial charge in [0, 0.05) is 16.0 Å². The zero-order valence-electron chi connectivity index (χ0n) is 13.2. The number of hydrogen-bond acceptors (Lipinski definition) is 2. The van der Waals surface area contributed by atoms with E-state index in [4.69, 9.17) is 11.6 Å². The molecule has 0 spiro atoms. The number of halogens is 2. The molecule has 2 aromatic carbocycles. The number of carbonyl (C=O) groups is 1. The number of aromatic carboxylic acids is 1. The topological polar surface area (TPSA) is 40.5 Å². The second-order valence-corrected chi connectivity index (χ2v) is 7.57. The Hall–Kier alpha value is -1.36. The van der Waals surface area contributed by atoms with E-state index in [1.165, 1.54) is 5.56 Å². The van der Waals surface area contributed by atoms with Crippen LogP contribution in [0.15, 0.2) is 46.9 Å². The number of rotatable bonds is 4. The summed E-state index contributed by atoms with van der Waals surface area (Å²) >= 11 is 9.54. The van der Waals surface area contributed by atoms with Crippen LogP contribution in [0.25, 0.3) is 0 Å². The molecule has 0 atom stereocenters. The molecule has 1 aliphatic heterocycles. The number of piperidine rings is 1. The summed E-state index contributed by atoms with van der Waals surface area (Å²) in [6.45, 7) is 2.86. The first-order valence-electron chi connectivity index (χ1n) is 8.02. The molecule has 0 aliphatic carbocycles. The van der Waals surface area contributed by atoms with E-state index in [0.717, 1.165) is 42.5 Å². The van der Waals surface area contributed by atoms with Crippen molar-refractivity contribution in [1.29, 1.82) is 0 Å². The zero-order chi connectivity index (χ0) is 17.1. The first kappa shape index (κ1) is 17.5. The maximum absolute atomic E-state index is 11.5. The van der Waals surface area contributed by atoms with E-state index in [1.54, 1.807) is 12.1 Å². The maximum Gasteiger partial charge on any atom is 0.335 e. The molecule has 0 saturated carbocycles. The van der Waals surface area contributed by atoms with E-state index in [9.17, 15) is 9.90 Å². The van der Waals surface area contributed by atoms with Crippen LogP contribution in [0, 0.1) is 0 Å². The Bertz CT molecular complexity index is 725. The second kappa shape index (κ2) is 7.68. The third-order valence-electron chi connectivity index (χ3n) is 4.59. The van der Waals surface area contributed by atoms with Crippen molar-refractivity contribution >= 4 is 33.5 Å². The first-order valence-corrected chi connectivity index (χ1v) is 9.19. The van der Waals surface area contributed by atoms with Crippen LogP contribution in [0.3, 0.4) is 0 Å². The van der Waals surface area contributed by atoms with Crippen molar-refractivity contribution < 1.29 is 9.90 Å². The number of carboxylic acid groups (broad SMARTS) is 1. The number of carboxylic acids is 1. The van der Waals surface area contributed by atoms with Crippen LogP contribution in [-0.2, 0) is 6.54 Å². The van der Waals surface area contributed by atoms with Crippen molar-refractivity contribution in [3.05, 3.63) is 68.7 Å². The summed E-state index contributed by atoms with van der Waals surface area (Å²) in [7, 11) is 0. The fourth-order valence-electron chi connectivity index (χ4n) is 3.32. The molecule has 0 bridgehead atoms. The van der Waals surface area contributed by atoms with Crippen molar-refractivity contribution in [2.75, 3.05) is 13.1 Å². The van der Waals surface area contributed by atoms with Gasteiger partial charge in [0.05, 0.1) is 5.56 Å². The summed E-state index contributed by atoms with van der Waals surface area (Å²) in [6, 6.07) is 13.5. The lowest BCUT2D eigenvalue weighted by Crippen LogP contribution is -2.32. The molecule has 1 saturated heterocycles.